The molecule has 1 aliphatic carbocycles. The van der Waals surface area contributed by atoms with Crippen LogP contribution in [-0.2, 0) is 10.0 Å². The minimum atomic E-state index is -3.36. The van der Waals surface area contributed by atoms with E-state index in [0.717, 1.165) is 17.4 Å². The number of hydrogen-bond donors (Lipinski definition) is 2. The maximum atomic E-state index is 11.9. The Morgan fingerprint density at radius 3 is 2.44 bits per heavy atom. The van der Waals surface area contributed by atoms with Crippen molar-refractivity contribution >= 4 is 26.0 Å². The molecule has 0 spiro atoms. The van der Waals surface area contributed by atoms with Gasteiger partial charge >= 0.3 is 0 Å². The van der Waals surface area contributed by atoms with Crippen LogP contribution >= 0.6 is 15.9 Å². The molecule has 0 atom stereocenters. The van der Waals surface area contributed by atoms with Crippen LogP contribution in [0.25, 0.3) is 0 Å². The first-order valence-electron chi connectivity index (χ1n) is 6.06. The van der Waals surface area contributed by atoms with Crippen molar-refractivity contribution < 1.29 is 8.42 Å². The number of sulfonamides is 1. The summed E-state index contributed by atoms with van der Waals surface area (Å²) in [5, 5.41) is 3.35. The zero-order valence-electron chi connectivity index (χ0n) is 10.0. The first-order chi connectivity index (χ1) is 8.58. The van der Waals surface area contributed by atoms with Crippen molar-refractivity contribution in [2.24, 2.45) is 0 Å². The van der Waals surface area contributed by atoms with Gasteiger partial charge < -0.3 is 5.32 Å². The predicted octanol–water partition coefficient (Wildman–Crippen LogP) is 1.87. The van der Waals surface area contributed by atoms with Gasteiger partial charge in [0.15, 0.2) is 0 Å². The molecule has 0 unspecified atom stereocenters. The third kappa shape index (κ3) is 4.35. The Kier molecular flexibility index (Phi) is 4.77. The van der Waals surface area contributed by atoms with Crippen LogP contribution in [0.2, 0.25) is 0 Å². The van der Waals surface area contributed by atoms with Gasteiger partial charge in [-0.1, -0.05) is 15.9 Å². The fourth-order valence-electron chi connectivity index (χ4n) is 1.59. The highest BCUT2D eigenvalue weighted by Gasteiger charge is 2.19. The number of halogens is 1. The molecule has 1 aromatic rings. The van der Waals surface area contributed by atoms with Crippen molar-refractivity contribution in [3.63, 3.8) is 0 Å². The fraction of sp³-hybridized carbons (Fsp3) is 0.500. The summed E-state index contributed by atoms with van der Waals surface area (Å²) in [4.78, 5) is 0.306. The molecule has 6 heteroatoms. The van der Waals surface area contributed by atoms with E-state index in [1.807, 2.05) is 0 Å². The van der Waals surface area contributed by atoms with Gasteiger partial charge in [0.05, 0.1) is 4.90 Å². The molecule has 4 nitrogen and oxygen atoms in total. The van der Waals surface area contributed by atoms with Crippen molar-refractivity contribution in [1.82, 2.24) is 10.0 Å². The van der Waals surface area contributed by atoms with Crippen molar-refractivity contribution in [3.05, 3.63) is 28.7 Å². The monoisotopic (exact) mass is 332 g/mol. The maximum Gasteiger partial charge on any atom is 0.240 e. The van der Waals surface area contributed by atoms with E-state index in [2.05, 4.69) is 26.0 Å². The molecule has 100 valence electrons. The highest BCUT2D eigenvalue weighted by molar-refractivity contribution is 9.10. The summed E-state index contributed by atoms with van der Waals surface area (Å²) >= 11 is 3.28. The predicted molar refractivity (Wildman–Crippen MR) is 75.0 cm³/mol. The zero-order valence-corrected chi connectivity index (χ0v) is 12.4. The van der Waals surface area contributed by atoms with Crippen LogP contribution in [0.1, 0.15) is 19.3 Å². The average Bonchev–Trinajstić information content (AvgIpc) is 3.13. The number of nitrogens with one attached hydrogen (secondary N) is 2. The van der Waals surface area contributed by atoms with E-state index in [1.165, 1.54) is 12.8 Å². The topological polar surface area (TPSA) is 58.2 Å². The van der Waals surface area contributed by atoms with Gasteiger partial charge in [0.1, 0.15) is 0 Å². The molecular weight excluding hydrogens is 316 g/mol. The Balaban J connectivity index is 1.77. The highest BCUT2D eigenvalue weighted by atomic mass is 79.9. The van der Waals surface area contributed by atoms with Gasteiger partial charge in [0, 0.05) is 17.1 Å². The largest absolute Gasteiger partial charge is 0.314 e. The van der Waals surface area contributed by atoms with E-state index in [1.54, 1.807) is 24.3 Å². The quantitative estimate of drug-likeness (QED) is 0.749. The smallest absolute Gasteiger partial charge is 0.240 e. The lowest BCUT2D eigenvalue weighted by atomic mass is 10.4. The Labute approximate surface area is 116 Å². The van der Waals surface area contributed by atoms with Crippen LogP contribution in [0, 0.1) is 0 Å². The van der Waals surface area contributed by atoms with Crippen molar-refractivity contribution in [2.75, 3.05) is 13.1 Å². The second-order valence-electron chi connectivity index (χ2n) is 4.43. The zero-order chi connectivity index (χ0) is 13.0. The lowest BCUT2D eigenvalue weighted by Crippen LogP contribution is -2.28. The van der Waals surface area contributed by atoms with Gasteiger partial charge in [-0.05, 0) is 50.1 Å². The molecule has 2 rings (SSSR count). The second kappa shape index (κ2) is 6.14. The third-order valence-corrected chi connectivity index (χ3v) is 4.79. The molecule has 0 aliphatic heterocycles. The molecule has 1 aromatic carbocycles. The standard InChI is InChI=1S/C12H17BrN2O2S/c13-10-2-6-12(7-3-10)18(16,17)15-9-1-8-14-11-4-5-11/h2-3,6-7,11,14-15H,1,4-5,8-9H2. The molecule has 0 bridgehead atoms. The van der Waals surface area contributed by atoms with Gasteiger partial charge in [-0.3, -0.25) is 0 Å². The summed E-state index contributed by atoms with van der Waals surface area (Å²) < 4.78 is 27.3. The molecule has 0 radical (unpaired) electrons. The van der Waals surface area contributed by atoms with E-state index in [0.29, 0.717) is 17.5 Å². The van der Waals surface area contributed by atoms with Crippen LogP contribution in [0.15, 0.2) is 33.6 Å². The van der Waals surface area contributed by atoms with Crippen molar-refractivity contribution in [2.45, 2.75) is 30.2 Å². The van der Waals surface area contributed by atoms with Gasteiger partial charge in [0.2, 0.25) is 10.0 Å². The first-order valence-corrected chi connectivity index (χ1v) is 8.34. The summed E-state index contributed by atoms with van der Waals surface area (Å²) in [5.74, 6) is 0. The Hall–Kier alpha value is -0.430. The minimum Gasteiger partial charge on any atom is -0.314 e. The van der Waals surface area contributed by atoms with Crippen molar-refractivity contribution in [3.8, 4) is 0 Å². The number of rotatable bonds is 7. The molecule has 2 N–H and O–H groups in total. The average molecular weight is 333 g/mol. The molecule has 1 saturated carbocycles. The van der Waals surface area contributed by atoms with Crippen LogP contribution < -0.4 is 10.0 Å². The van der Waals surface area contributed by atoms with E-state index in [4.69, 9.17) is 0 Å². The van der Waals surface area contributed by atoms with Crippen LogP contribution in [0.3, 0.4) is 0 Å². The van der Waals surface area contributed by atoms with Gasteiger partial charge in [-0.2, -0.15) is 0 Å². The van der Waals surface area contributed by atoms with Crippen molar-refractivity contribution in [1.29, 1.82) is 0 Å². The SMILES string of the molecule is O=S(=O)(NCCCNC1CC1)c1ccc(Br)cc1. The molecular formula is C12H17BrN2O2S. The first kappa shape index (κ1) is 14.0. The second-order valence-corrected chi connectivity index (χ2v) is 7.12. The summed E-state index contributed by atoms with van der Waals surface area (Å²) in [6, 6.07) is 7.31. The van der Waals surface area contributed by atoms with E-state index >= 15 is 0 Å². The Morgan fingerprint density at radius 1 is 1.17 bits per heavy atom. The Morgan fingerprint density at radius 2 is 1.83 bits per heavy atom. The number of hydrogen-bond acceptors (Lipinski definition) is 3. The van der Waals surface area contributed by atoms with E-state index in [9.17, 15) is 8.42 Å². The molecule has 0 heterocycles. The lowest BCUT2D eigenvalue weighted by molar-refractivity contribution is 0.573. The third-order valence-electron chi connectivity index (χ3n) is 2.78. The summed E-state index contributed by atoms with van der Waals surface area (Å²) in [7, 11) is -3.36. The molecule has 1 aliphatic rings. The van der Waals surface area contributed by atoms with Gasteiger partial charge in [-0.15, -0.1) is 0 Å². The summed E-state index contributed by atoms with van der Waals surface area (Å²) in [5.41, 5.74) is 0. The lowest BCUT2D eigenvalue weighted by Gasteiger charge is -2.07. The fourth-order valence-corrected chi connectivity index (χ4v) is 2.92. The van der Waals surface area contributed by atoms with Gasteiger partial charge in [-0.25, -0.2) is 13.1 Å². The maximum absolute atomic E-state index is 11.9. The normalized spacial score (nSPS) is 15.8. The molecule has 1 fully saturated rings. The molecule has 18 heavy (non-hydrogen) atoms. The minimum absolute atomic E-state index is 0.306. The van der Waals surface area contributed by atoms with Crippen LogP contribution in [0.5, 0.6) is 0 Å². The summed E-state index contributed by atoms with van der Waals surface area (Å²) in [6.45, 7) is 1.34. The van der Waals surface area contributed by atoms with E-state index in [-0.39, 0.29) is 0 Å². The Bertz CT molecular complexity index is 483. The highest BCUT2D eigenvalue weighted by Crippen LogP contribution is 2.18. The van der Waals surface area contributed by atoms with Crippen LogP contribution in [0.4, 0.5) is 0 Å². The summed E-state index contributed by atoms with van der Waals surface area (Å²) in [6.07, 6.45) is 3.32. The molecule has 0 aromatic heterocycles. The van der Waals surface area contributed by atoms with E-state index < -0.39 is 10.0 Å². The van der Waals surface area contributed by atoms with Crippen LogP contribution in [-0.4, -0.2) is 27.5 Å². The molecule has 0 saturated heterocycles. The number of benzene rings is 1. The van der Waals surface area contributed by atoms with Gasteiger partial charge in [0.25, 0.3) is 0 Å². The molecule has 0 amide bonds.